The minimum atomic E-state index is -0.227. The zero-order valence-electron chi connectivity index (χ0n) is 11.1. The summed E-state index contributed by atoms with van der Waals surface area (Å²) in [5.74, 6) is 0. The third-order valence-electron chi connectivity index (χ3n) is 3.74. The number of fused-ring (bicyclic) bond motifs is 1. The lowest BCUT2D eigenvalue weighted by atomic mass is 10.1. The number of rotatable bonds is 3. The molecule has 3 rings (SSSR count). The lowest BCUT2D eigenvalue weighted by molar-refractivity contribution is 0.326. The minimum absolute atomic E-state index is 0.227. The number of anilines is 1. The van der Waals surface area contributed by atoms with Crippen molar-refractivity contribution in [1.82, 2.24) is 4.90 Å². The first-order chi connectivity index (χ1) is 9.29. The summed E-state index contributed by atoms with van der Waals surface area (Å²) in [5, 5.41) is 4.14. The molecule has 100 valence electrons. The van der Waals surface area contributed by atoms with Crippen LogP contribution in [0.4, 0.5) is 5.69 Å². The van der Waals surface area contributed by atoms with E-state index in [1.54, 1.807) is 0 Å². The van der Waals surface area contributed by atoms with Crippen molar-refractivity contribution in [3.05, 3.63) is 40.2 Å². The molecule has 0 unspecified atom stereocenters. The van der Waals surface area contributed by atoms with Crippen LogP contribution in [0.25, 0.3) is 11.0 Å². The van der Waals surface area contributed by atoms with Gasteiger partial charge in [0.2, 0.25) is 0 Å². The maximum Gasteiger partial charge on any atom is 0.342 e. The molecule has 1 fully saturated rings. The van der Waals surface area contributed by atoms with Gasteiger partial charge in [-0.1, -0.05) is 12.1 Å². The van der Waals surface area contributed by atoms with E-state index in [-0.39, 0.29) is 5.63 Å². The number of para-hydroxylation sites is 1. The number of hydrogen-bond acceptors (Lipinski definition) is 4. The standard InChI is InChI=1S/C15H18N2O2/c1-16-14-11-6-2-3-7-13(11)19-15(18)12(14)10-17-8-4-5-9-17/h2-3,6-7,16H,4-5,8-10H2,1H3. The molecule has 1 aromatic heterocycles. The predicted octanol–water partition coefficient (Wildman–Crippen LogP) is 2.43. The van der Waals surface area contributed by atoms with Gasteiger partial charge in [0.25, 0.3) is 0 Å². The van der Waals surface area contributed by atoms with Crippen LogP contribution in [-0.4, -0.2) is 25.0 Å². The molecular weight excluding hydrogens is 240 g/mol. The van der Waals surface area contributed by atoms with Crippen LogP contribution in [0.2, 0.25) is 0 Å². The summed E-state index contributed by atoms with van der Waals surface area (Å²) in [5.41, 5.74) is 2.05. The van der Waals surface area contributed by atoms with E-state index in [1.807, 2.05) is 31.3 Å². The van der Waals surface area contributed by atoms with E-state index >= 15 is 0 Å². The summed E-state index contributed by atoms with van der Waals surface area (Å²) >= 11 is 0. The molecule has 0 saturated carbocycles. The SMILES string of the molecule is CNc1c(CN2CCCC2)c(=O)oc2ccccc12. The Hall–Kier alpha value is -1.81. The molecule has 2 aromatic rings. The van der Waals surface area contributed by atoms with Crippen LogP contribution in [0.5, 0.6) is 0 Å². The summed E-state index contributed by atoms with van der Waals surface area (Å²) in [7, 11) is 1.86. The largest absolute Gasteiger partial charge is 0.422 e. The van der Waals surface area contributed by atoms with Crippen LogP contribution in [0.15, 0.2) is 33.5 Å². The van der Waals surface area contributed by atoms with Gasteiger partial charge in [0, 0.05) is 19.0 Å². The second-order valence-corrected chi connectivity index (χ2v) is 4.97. The van der Waals surface area contributed by atoms with Gasteiger partial charge in [0.15, 0.2) is 0 Å². The normalized spacial score (nSPS) is 16.1. The zero-order valence-corrected chi connectivity index (χ0v) is 11.1. The smallest absolute Gasteiger partial charge is 0.342 e. The molecule has 0 bridgehead atoms. The Morgan fingerprint density at radius 3 is 2.74 bits per heavy atom. The molecule has 4 nitrogen and oxygen atoms in total. The van der Waals surface area contributed by atoms with Gasteiger partial charge < -0.3 is 9.73 Å². The van der Waals surface area contributed by atoms with Crippen molar-refractivity contribution >= 4 is 16.7 Å². The zero-order chi connectivity index (χ0) is 13.2. The van der Waals surface area contributed by atoms with Crippen molar-refractivity contribution in [2.75, 3.05) is 25.5 Å². The second kappa shape index (κ2) is 5.05. The molecule has 19 heavy (non-hydrogen) atoms. The van der Waals surface area contributed by atoms with Gasteiger partial charge in [-0.05, 0) is 38.1 Å². The minimum Gasteiger partial charge on any atom is -0.422 e. The summed E-state index contributed by atoms with van der Waals surface area (Å²) in [6, 6.07) is 7.66. The Morgan fingerprint density at radius 1 is 1.26 bits per heavy atom. The number of likely N-dealkylation sites (tertiary alicyclic amines) is 1. The highest BCUT2D eigenvalue weighted by molar-refractivity contribution is 5.91. The van der Waals surface area contributed by atoms with Crippen molar-refractivity contribution in [2.24, 2.45) is 0 Å². The molecule has 1 aliphatic heterocycles. The monoisotopic (exact) mass is 258 g/mol. The Balaban J connectivity index is 2.11. The van der Waals surface area contributed by atoms with E-state index < -0.39 is 0 Å². The molecule has 1 aliphatic rings. The van der Waals surface area contributed by atoms with Gasteiger partial charge in [-0.2, -0.15) is 0 Å². The molecule has 2 heterocycles. The Bertz CT molecular complexity index is 642. The van der Waals surface area contributed by atoms with E-state index in [1.165, 1.54) is 12.8 Å². The molecule has 1 aromatic carbocycles. The lowest BCUT2D eigenvalue weighted by Gasteiger charge is -2.17. The third kappa shape index (κ3) is 2.24. The van der Waals surface area contributed by atoms with Crippen LogP contribution in [-0.2, 0) is 6.54 Å². The van der Waals surface area contributed by atoms with E-state index in [4.69, 9.17) is 4.42 Å². The van der Waals surface area contributed by atoms with Crippen molar-refractivity contribution in [1.29, 1.82) is 0 Å². The summed E-state index contributed by atoms with van der Waals surface area (Å²) in [6.45, 7) is 2.80. The average Bonchev–Trinajstić information content (AvgIpc) is 2.92. The van der Waals surface area contributed by atoms with Gasteiger partial charge in [-0.15, -0.1) is 0 Å². The van der Waals surface area contributed by atoms with Gasteiger partial charge in [0.05, 0.1) is 11.3 Å². The predicted molar refractivity (Wildman–Crippen MR) is 76.5 cm³/mol. The van der Waals surface area contributed by atoms with E-state index in [9.17, 15) is 4.79 Å². The van der Waals surface area contributed by atoms with Gasteiger partial charge in [-0.25, -0.2) is 4.79 Å². The molecule has 0 radical (unpaired) electrons. The summed E-state index contributed by atoms with van der Waals surface area (Å²) < 4.78 is 5.42. The molecule has 1 N–H and O–H groups in total. The van der Waals surface area contributed by atoms with Crippen LogP contribution < -0.4 is 10.9 Å². The highest BCUT2D eigenvalue weighted by atomic mass is 16.4. The van der Waals surface area contributed by atoms with Crippen molar-refractivity contribution < 1.29 is 4.42 Å². The fourth-order valence-electron chi connectivity index (χ4n) is 2.78. The molecule has 1 saturated heterocycles. The van der Waals surface area contributed by atoms with Crippen LogP contribution >= 0.6 is 0 Å². The third-order valence-corrected chi connectivity index (χ3v) is 3.74. The van der Waals surface area contributed by atoms with Crippen LogP contribution in [0.3, 0.4) is 0 Å². The van der Waals surface area contributed by atoms with E-state index in [0.29, 0.717) is 12.1 Å². The number of nitrogens with zero attached hydrogens (tertiary/aromatic N) is 1. The first-order valence-corrected chi connectivity index (χ1v) is 6.74. The maximum atomic E-state index is 12.2. The first-order valence-electron chi connectivity index (χ1n) is 6.74. The Morgan fingerprint density at radius 2 is 2.00 bits per heavy atom. The Kier molecular flexibility index (Phi) is 3.25. The van der Waals surface area contributed by atoms with Crippen molar-refractivity contribution in [3.63, 3.8) is 0 Å². The van der Waals surface area contributed by atoms with Crippen molar-refractivity contribution in [3.8, 4) is 0 Å². The highest BCUT2D eigenvalue weighted by Crippen LogP contribution is 2.26. The van der Waals surface area contributed by atoms with Gasteiger partial charge in [0.1, 0.15) is 5.58 Å². The molecule has 0 amide bonds. The van der Waals surface area contributed by atoms with Crippen LogP contribution in [0, 0.1) is 0 Å². The topological polar surface area (TPSA) is 45.5 Å². The first kappa shape index (κ1) is 12.2. The molecule has 4 heteroatoms. The van der Waals surface area contributed by atoms with E-state index in [2.05, 4.69) is 10.2 Å². The summed E-state index contributed by atoms with van der Waals surface area (Å²) in [4.78, 5) is 14.5. The summed E-state index contributed by atoms with van der Waals surface area (Å²) in [6.07, 6.45) is 2.43. The molecule has 0 aliphatic carbocycles. The highest BCUT2D eigenvalue weighted by Gasteiger charge is 2.18. The number of benzene rings is 1. The van der Waals surface area contributed by atoms with Gasteiger partial charge >= 0.3 is 5.63 Å². The Labute approximate surface area is 112 Å². The number of hydrogen-bond donors (Lipinski definition) is 1. The molecule has 0 atom stereocenters. The average molecular weight is 258 g/mol. The van der Waals surface area contributed by atoms with E-state index in [0.717, 1.165) is 29.7 Å². The van der Waals surface area contributed by atoms with Gasteiger partial charge in [-0.3, -0.25) is 4.90 Å². The number of nitrogens with one attached hydrogen (secondary N) is 1. The maximum absolute atomic E-state index is 12.2. The fourth-order valence-corrected chi connectivity index (χ4v) is 2.78. The quantitative estimate of drug-likeness (QED) is 0.859. The lowest BCUT2D eigenvalue weighted by Crippen LogP contribution is -2.24. The fraction of sp³-hybridized carbons (Fsp3) is 0.400. The molecular formula is C15H18N2O2. The van der Waals surface area contributed by atoms with Crippen molar-refractivity contribution in [2.45, 2.75) is 19.4 Å². The second-order valence-electron chi connectivity index (χ2n) is 4.97. The van der Waals surface area contributed by atoms with Crippen LogP contribution in [0.1, 0.15) is 18.4 Å². The molecule has 0 spiro atoms.